The monoisotopic (exact) mass is 180 g/mol. The molecule has 0 radical (unpaired) electrons. The first-order valence-corrected chi connectivity index (χ1v) is 3.49. The Morgan fingerprint density at radius 1 is 1.00 bits per heavy atom. The maximum atomic E-state index is 11.1. The Labute approximate surface area is 72.4 Å². The van der Waals surface area contributed by atoms with Crippen LogP contribution >= 0.6 is 0 Å². The summed E-state index contributed by atoms with van der Waals surface area (Å²) in [5.74, 6) is 0. The Kier molecular flexibility index (Phi) is 2.29. The van der Waals surface area contributed by atoms with Crippen molar-refractivity contribution >= 4 is 10.9 Å². The second kappa shape index (κ2) is 3.24. The molecule has 5 nitrogen and oxygen atoms in total. The maximum Gasteiger partial charge on any atom is 0.326 e. The van der Waals surface area contributed by atoms with Gasteiger partial charge in [-0.05, 0) is 12.1 Å². The topological polar surface area (TPSA) is 97.2 Å². The number of nitrogens with one attached hydrogen (secondary N) is 2. The lowest BCUT2D eigenvalue weighted by Crippen LogP contribution is -2.21. The number of aromatic nitrogens is 2. The quantitative estimate of drug-likeness (QED) is 0.565. The van der Waals surface area contributed by atoms with E-state index in [2.05, 4.69) is 9.97 Å². The van der Waals surface area contributed by atoms with E-state index in [9.17, 15) is 9.59 Å². The predicted molar refractivity (Wildman–Crippen MR) is 48.8 cm³/mol. The number of fused-ring (bicyclic) bond motifs is 1. The van der Waals surface area contributed by atoms with E-state index >= 15 is 0 Å². The Bertz CT molecular complexity index is 526. The molecule has 0 saturated carbocycles. The highest BCUT2D eigenvalue weighted by Gasteiger charge is 1.96. The minimum Gasteiger partial charge on any atom is -0.412 e. The fourth-order valence-electron chi connectivity index (χ4n) is 1.11. The van der Waals surface area contributed by atoms with Gasteiger partial charge in [0.05, 0.1) is 10.9 Å². The highest BCUT2D eigenvalue weighted by atomic mass is 16.2. The average molecular weight is 180 g/mol. The summed E-state index contributed by atoms with van der Waals surface area (Å²) in [6, 6.07) is 6.85. The molecular weight excluding hydrogens is 172 g/mol. The highest BCUT2D eigenvalue weighted by molar-refractivity contribution is 5.76. The van der Waals surface area contributed by atoms with Gasteiger partial charge in [-0.2, -0.15) is 0 Å². The average Bonchev–Trinajstić information content (AvgIpc) is 2.04. The van der Waals surface area contributed by atoms with Crippen LogP contribution in [-0.2, 0) is 0 Å². The molecule has 2 aromatic rings. The zero-order valence-corrected chi connectivity index (χ0v) is 6.63. The first-order valence-electron chi connectivity index (χ1n) is 3.49. The second-order valence-electron chi connectivity index (χ2n) is 2.45. The third-order valence-corrected chi connectivity index (χ3v) is 1.65. The van der Waals surface area contributed by atoms with Crippen molar-refractivity contribution in [1.29, 1.82) is 0 Å². The van der Waals surface area contributed by atoms with Crippen LogP contribution in [0, 0.1) is 0 Å². The Balaban J connectivity index is 0.000000845. The molecule has 0 atom stereocenters. The van der Waals surface area contributed by atoms with Crippen LogP contribution in [0.5, 0.6) is 0 Å². The molecule has 0 aliphatic heterocycles. The van der Waals surface area contributed by atoms with Crippen molar-refractivity contribution < 1.29 is 5.48 Å². The van der Waals surface area contributed by atoms with E-state index in [1.165, 1.54) is 0 Å². The molecule has 0 amide bonds. The smallest absolute Gasteiger partial charge is 0.326 e. The van der Waals surface area contributed by atoms with Gasteiger partial charge >= 0.3 is 5.69 Å². The van der Waals surface area contributed by atoms with E-state index in [1.54, 1.807) is 24.3 Å². The van der Waals surface area contributed by atoms with Crippen molar-refractivity contribution in [3.63, 3.8) is 0 Å². The zero-order valence-electron chi connectivity index (χ0n) is 6.63. The number of benzene rings is 1. The largest absolute Gasteiger partial charge is 0.412 e. The van der Waals surface area contributed by atoms with E-state index in [4.69, 9.17) is 0 Å². The molecule has 0 aliphatic carbocycles. The van der Waals surface area contributed by atoms with Gasteiger partial charge in [-0.25, -0.2) is 4.79 Å². The zero-order chi connectivity index (χ0) is 8.55. The number of H-pyrrole nitrogens is 2. The molecule has 13 heavy (non-hydrogen) atoms. The first kappa shape index (κ1) is 9.21. The lowest BCUT2D eigenvalue weighted by Gasteiger charge is -1.92. The molecule has 0 spiro atoms. The third-order valence-electron chi connectivity index (χ3n) is 1.65. The van der Waals surface area contributed by atoms with Gasteiger partial charge in [0.2, 0.25) is 0 Å². The molecular formula is C8H8N2O3. The van der Waals surface area contributed by atoms with Crippen molar-refractivity contribution in [2.75, 3.05) is 0 Å². The fraction of sp³-hybridized carbons (Fsp3) is 0. The van der Waals surface area contributed by atoms with Gasteiger partial charge in [-0.3, -0.25) is 9.78 Å². The van der Waals surface area contributed by atoms with Gasteiger partial charge in [0.15, 0.2) is 0 Å². The van der Waals surface area contributed by atoms with E-state index in [1.807, 2.05) is 0 Å². The number of hydrogen-bond donors (Lipinski definition) is 2. The lowest BCUT2D eigenvalue weighted by molar-refractivity contribution is 0.824. The van der Waals surface area contributed by atoms with Crippen LogP contribution in [0.15, 0.2) is 33.9 Å². The van der Waals surface area contributed by atoms with Gasteiger partial charge < -0.3 is 10.5 Å². The molecule has 5 heteroatoms. The van der Waals surface area contributed by atoms with Crippen molar-refractivity contribution in [2.24, 2.45) is 0 Å². The molecule has 68 valence electrons. The van der Waals surface area contributed by atoms with E-state index < -0.39 is 5.69 Å². The van der Waals surface area contributed by atoms with E-state index in [0.717, 1.165) is 0 Å². The highest BCUT2D eigenvalue weighted by Crippen LogP contribution is 2.01. The standard InChI is InChI=1S/C8H6N2O2.H2O/c11-7-5-3-1-2-4-6(5)9-8(12)10-7;/h1-4H,(H2,9,10,11,12);1H2. The van der Waals surface area contributed by atoms with Crippen LogP contribution in [0.2, 0.25) is 0 Å². The van der Waals surface area contributed by atoms with Crippen LogP contribution < -0.4 is 11.2 Å². The van der Waals surface area contributed by atoms with Gasteiger partial charge in [-0.1, -0.05) is 12.1 Å². The first-order chi connectivity index (χ1) is 5.77. The minimum absolute atomic E-state index is 0. The molecule has 0 unspecified atom stereocenters. The number of aromatic amines is 2. The van der Waals surface area contributed by atoms with Crippen LogP contribution in [0.1, 0.15) is 0 Å². The van der Waals surface area contributed by atoms with Gasteiger partial charge in [-0.15, -0.1) is 0 Å². The molecule has 2 rings (SSSR count). The molecule has 1 heterocycles. The van der Waals surface area contributed by atoms with Crippen molar-refractivity contribution in [3.05, 3.63) is 45.1 Å². The van der Waals surface area contributed by atoms with E-state index in [-0.39, 0.29) is 11.0 Å². The molecule has 1 aromatic carbocycles. The molecule has 0 fully saturated rings. The Hall–Kier alpha value is -1.88. The Morgan fingerprint density at radius 3 is 2.46 bits per heavy atom. The van der Waals surface area contributed by atoms with Gasteiger partial charge in [0.25, 0.3) is 5.56 Å². The summed E-state index contributed by atoms with van der Waals surface area (Å²) in [5, 5.41) is 0.497. The fourth-order valence-corrected chi connectivity index (χ4v) is 1.11. The summed E-state index contributed by atoms with van der Waals surface area (Å²) < 4.78 is 0. The van der Waals surface area contributed by atoms with Crippen molar-refractivity contribution in [1.82, 2.24) is 9.97 Å². The normalized spacial score (nSPS) is 9.54. The summed E-state index contributed by atoms with van der Waals surface area (Å²) in [6.45, 7) is 0. The summed E-state index contributed by atoms with van der Waals surface area (Å²) in [7, 11) is 0. The SMILES string of the molecule is O.O=c1[nH]c(=O)c2ccccc2[nH]1. The second-order valence-corrected chi connectivity index (χ2v) is 2.45. The van der Waals surface area contributed by atoms with Crippen LogP contribution in [0.3, 0.4) is 0 Å². The van der Waals surface area contributed by atoms with Crippen molar-refractivity contribution in [2.45, 2.75) is 0 Å². The molecule has 0 bridgehead atoms. The van der Waals surface area contributed by atoms with Crippen molar-refractivity contribution in [3.8, 4) is 0 Å². The number of para-hydroxylation sites is 1. The van der Waals surface area contributed by atoms with Gasteiger partial charge in [0, 0.05) is 0 Å². The maximum absolute atomic E-state index is 11.1. The number of rotatable bonds is 0. The van der Waals surface area contributed by atoms with Crippen LogP contribution in [0.4, 0.5) is 0 Å². The van der Waals surface area contributed by atoms with Crippen LogP contribution in [0.25, 0.3) is 10.9 Å². The van der Waals surface area contributed by atoms with Gasteiger partial charge in [0.1, 0.15) is 0 Å². The molecule has 0 aliphatic rings. The summed E-state index contributed by atoms with van der Waals surface area (Å²) in [5.41, 5.74) is -0.265. The van der Waals surface area contributed by atoms with E-state index in [0.29, 0.717) is 10.9 Å². The molecule has 0 saturated heterocycles. The minimum atomic E-state index is -0.473. The number of hydrogen-bond acceptors (Lipinski definition) is 2. The molecule has 4 N–H and O–H groups in total. The summed E-state index contributed by atoms with van der Waals surface area (Å²) in [4.78, 5) is 26.6. The third kappa shape index (κ3) is 1.50. The Morgan fingerprint density at radius 2 is 1.69 bits per heavy atom. The lowest BCUT2D eigenvalue weighted by atomic mass is 10.2. The summed E-state index contributed by atoms with van der Waals surface area (Å²) in [6.07, 6.45) is 0. The predicted octanol–water partition coefficient (Wildman–Crippen LogP) is -0.608. The summed E-state index contributed by atoms with van der Waals surface area (Å²) >= 11 is 0. The molecule has 1 aromatic heterocycles. The van der Waals surface area contributed by atoms with Crippen LogP contribution in [-0.4, -0.2) is 15.4 Å².